The minimum atomic E-state index is -3.63. The summed E-state index contributed by atoms with van der Waals surface area (Å²) in [4.78, 5) is 28.3. The first-order valence-electron chi connectivity index (χ1n) is 11.0. The quantitative estimate of drug-likeness (QED) is 0.538. The second-order valence-electron chi connectivity index (χ2n) is 8.06. The highest BCUT2D eigenvalue weighted by atomic mass is 32.2. The zero-order chi connectivity index (χ0) is 23.6. The van der Waals surface area contributed by atoms with Gasteiger partial charge in [-0.05, 0) is 36.8 Å². The van der Waals surface area contributed by atoms with Crippen molar-refractivity contribution in [1.82, 2.24) is 9.62 Å². The number of carbonyl (C=O) groups is 2. The Labute approximate surface area is 197 Å². The van der Waals surface area contributed by atoms with E-state index in [2.05, 4.69) is 17.6 Å². The number of ether oxygens (including phenoxy) is 1. The van der Waals surface area contributed by atoms with E-state index < -0.39 is 10.0 Å². The van der Waals surface area contributed by atoms with E-state index >= 15 is 0 Å². The predicted molar refractivity (Wildman–Crippen MR) is 125 cm³/mol. The molecular formula is C22H29N4O5S2+. The molecule has 0 radical (unpaired) electrons. The number of quaternary nitrogens is 1. The Hall–Kier alpha value is -2.31. The van der Waals surface area contributed by atoms with Crippen molar-refractivity contribution in [2.24, 2.45) is 0 Å². The van der Waals surface area contributed by atoms with Crippen LogP contribution in [0, 0.1) is 0 Å². The average molecular weight is 494 g/mol. The number of hydrogen-bond acceptors (Lipinski definition) is 6. The van der Waals surface area contributed by atoms with Crippen molar-refractivity contribution in [2.45, 2.75) is 24.8 Å². The number of sulfonamides is 1. The van der Waals surface area contributed by atoms with Gasteiger partial charge in [0.1, 0.15) is 11.5 Å². The number of carbonyl (C=O) groups excluding carboxylic acids is 2. The van der Waals surface area contributed by atoms with Crippen LogP contribution >= 0.6 is 11.3 Å². The van der Waals surface area contributed by atoms with Crippen molar-refractivity contribution < 1.29 is 27.6 Å². The molecular weight excluding hydrogens is 464 g/mol. The molecule has 0 aliphatic carbocycles. The van der Waals surface area contributed by atoms with E-state index in [0.29, 0.717) is 42.4 Å². The number of thiophene rings is 1. The van der Waals surface area contributed by atoms with Gasteiger partial charge in [0, 0.05) is 32.1 Å². The number of benzene rings is 1. The van der Waals surface area contributed by atoms with Crippen molar-refractivity contribution in [3.8, 4) is 0 Å². The van der Waals surface area contributed by atoms with Gasteiger partial charge in [-0.1, -0.05) is 0 Å². The fourth-order valence-electron chi connectivity index (χ4n) is 4.18. The first-order valence-corrected chi connectivity index (χ1v) is 13.3. The Bertz CT molecular complexity index is 1140. The van der Waals surface area contributed by atoms with Gasteiger partial charge < -0.3 is 20.3 Å². The summed E-state index contributed by atoms with van der Waals surface area (Å²) in [7, 11) is -2.04. The lowest BCUT2D eigenvalue weighted by Gasteiger charge is -2.26. The van der Waals surface area contributed by atoms with E-state index in [1.807, 2.05) is 0 Å². The van der Waals surface area contributed by atoms with Crippen LogP contribution in [0.4, 0.5) is 5.00 Å². The Morgan fingerprint density at radius 2 is 1.85 bits per heavy atom. The molecule has 178 valence electrons. The van der Waals surface area contributed by atoms with Crippen LogP contribution < -0.4 is 15.5 Å². The van der Waals surface area contributed by atoms with Gasteiger partial charge in [0.15, 0.2) is 0 Å². The summed E-state index contributed by atoms with van der Waals surface area (Å²) in [6, 6.07) is 5.89. The highest BCUT2D eigenvalue weighted by Crippen LogP contribution is 2.35. The van der Waals surface area contributed by atoms with Gasteiger partial charge in [-0.15, -0.1) is 11.3 Å². The predicted octanol–water partition coefficient (Wildman–Crippen LogP) is 0.342. The highest BCUT2D eigenvalue weighted by Gasteiger charge is 2.30. The maximum Gasteiger partial charge on any atom is 0.256 e. The normalized spacial score (nSPS) is 19.0. The highest BCUT2D eigenvalue weighted by molar-refractivity contribution is 7.89. The van der Waals surface area contributed by atoms with E-state index in [-0.39, 0.29) is 16.7 Å². The molecule has 1 unspecified atom stereocenters. The molecule has 33 heavy (non-hydrogen) atoms. The number of fused-ring (bicyclic) bond motifs is 1. The molecule has 1 aromatic carbocycles. The van der Waals surface area contributed by atoms with Crippen LogP contribution in [0.1, 0.15) is 38.1 Å². The van der Waals surface area contributed by atoms with E-state index in [4.69, 9.17) is 4.74 Å². The van der Waals surface area contributed by atoms with Gasteiger partial charge in [0.2, 0.25) is 10.0 Å². The van der Waals surface area contributed by atoms with E-state index in [9.17, 15) is 18.0 Å². The van der Waals surface area contributed by atoms with Crippen LogP contribution in [0.25, 0.3) is 0 Å². The first-order chi connectivity index (χ1) is 15.8. The summed E-state index contributed by atoms with van der Waals surface area (Å²) >= 11 is 1.45. The standard InChI is InChI=1S/C22H28N4O5S2/c1-3-25-9-8-17-18(14-25)32-22(19(17)21(28)23-2)24-20(27)15-4-6-16(7-5-15)33(29,30)26-10-12-31-13-11-26/h4-7H,3,8-14H2,1-2H3,(H,23,28)(H,24,27)/p+1. The maximum atomic E-state index is 13.0. The molecule has 3 N–H and O–H groups in total. The van der Waals surface area contributed by atoms with Crippen molar-refractivity contribution >= 4 is 38.2 Å². The number of morpholine rings is 1. The Morgan fingerprint density at radius 1 is 1.15 bits per heavy atom. The van der Waals surface area contributed by atoms with Gasteiger partial charge in [0.25, 0.3) is 11.8 Å². The number of likely N-dealkylation sites (N-methyl/N-ethyl adjacent to an activating group) is 1. The van der Waals surface area contributed by atoms with E-state index in [1.165, 1.54) is 44.8 Å². The number of nitrogens with one attached hydrogen (secondary N) is 3. The molecule has 3 heterocycles. The van der Waals surface area contributed by atoms with Gasteiger partial charge in [-0.25, -0.2) is 8.42 Å². The molecule has 1 atom stereocenters. The zero-order valence-corrected chi connectivity index (χ0v) is 20.4. The number of amides is 2. The Morgan fingerprint density at radius 3 is 2.48 bits per heavy atom. The maximum absolute atomic E-state index is 13.0. The summed E-state index contributed by atoms with van der Waals surface area (Å²) in [5.74, 6) is -0.594. The Kier molecular flexibility index (Phi) is 7.15. The summed E-state index contributed by atoms with van der Waals surface area (Å²) in [5, 5.41) is 6.10. The number of nitrogens with zero attached hydrogens (tertiary/aromatic N) is 1. The molecule has 2 aliphatic rings. The van der Waals surface area contributed by atoms with Crippen LogP contribution in [0.3, 0.4) is 0 Å². The van der Waals surface area contributed by atoms with Crippen molar-refractivity contribution in [3.05, 3.63) is 45.8 Å². The van der Waals surface area contributed by atoms with Crippen LogP contribution in [0.5, 0.6) is 0 Å². The minimum Gasteiger partial charge on any atom is -0.379 e. The molecule has 0 spiro atoms. The topological polar surface area (TPSA) is 109 Å². The average Bonchev–Trinajstić information content (AvgIpc) is 3.20. The molecule has 1 saturated heterocycles. The van der Waals surface area contributed by atoms with E-state index in [0.717, 1.165) is 36.5 Å². The van der Waals surface area contributed by atoms with E-state index in [1.54, 1.807) is 7.05 Å². The van der Waals surface area contributed by atoms with Crippen molar-refractivity contribution in [3.63, 3.8) is 0 Å². The van der Waals surface area contributed by atoms with Gasteiger partial charge >= 0.3 is 0 Å². The summed E-state index contributed by atoms with van der Waals surface area (Å²) in [6.45, 7) is 6.31. The molecule has 2 aromatic rings. The molecule has 1 fully saturated rings. The lowest BCUT2D eigenvalue weighted by Crippen LogP contribution is -3.11. The smallest absolute Gasteiger partial charge is 0.256 e. The Balaban J connectivity index is 1.55. The largest absolute Gasteiger partial charge is 0.379 e. The number of hydrogen-bond donors (Lipinski definition) is 3. The molecule has 11 heteroatoms. The summed E-state index contributed by atoms with van der Waals surface area (Å²) in [5.41, 5.74) is 1.87. The van der Waals surface area contributed by atoms with Crippen molar-refractivity contribution in [2.75, 3.05) is 51.8 Å². The van der Waals surface area contributed by atoms with Crippen LogP contribution in [-0.4, -0.2) is 71.0 Å². The molecule has 0 bridgehead atoms. The molecule has 1 aromatic heterocycles. The van der Waals surface area contributed by atoms with Gasteiger partial charge in [-0.2, -0.15) is 4.31 Å². The van der Waals surface area contributed by atoms with Crippen LogP contribution in [0.15, 0.2) is 29.2 Å². The minimum absolute atomic E-state index is 0.140. The van der Waals surface area contributed by atoms with Crippen LogP contribution in [-0.2, 0) is 27.7 Å². The van der Waals surface area contributed by atoms with Gasteiger partial charge in [0.05, 0.1) is 41.6 Å². The molecule has 4 rings (SSSR count). The number of anilines is 1. The third-order valence-corrected chi connectivity index (χ3v) is 9.20. The third kappa shape index (κ3) is 4.82. The SMILES string of the molecule is CC[NH+]1CCc2c(sc(NC(=O)c3ccc(S(=O)(=O)N4CCOCC4)cc3)c2C(=O)NC)C1. The number of rotatable bonds is 6. The fraction of sp³-hybridized carbons (Fsp3) is 0.455. The fourth-order valence-corrected chi connectivity index (χ4v) is 6.90. The monoisotopic (exact) mass is 493 g/mol. The lowest BCUT2D eigenvalue weighted by molar-refractivity contribution is -0.913. The zero-order valence-electron chi connectivity index (χ0n) is 18.8. The molecule has 2 aliphatic heterocycles. The third-order valence-electron chi connectivity index (χ3n) is 6.14. The summed E-state index contributed by atoms with van der Waals surface area (Å²) in [6.07, 6.45) is 0.793. The lowest BCUT2D eigenvalue weighted by atomic mass is 10.0. The molecule has 2 amide bonds. The summed E-state index contributed by atoms with van der Waals surface area (Å²) < 4.78 is 32.2. The second-order valence-corrected chi connectivity index (χ2v) is 11.1. The molecule has 0 saturated carbocycles. The van der Waals surface area contributed by atoms with Crippen molar-refractivity contribution in [1.29, 1.82) is 0 Å². The van der Waals surface area contributed by atoms with Crippen LogP contribution in [0.2, 0.25) is 0 Å². The first kappa shape index (κ1) is 23.8. The van der Waals surface area contributed by atoms with Gasteiger partial charge in [-0.3, -0.25) is 9.59 Å². The molecule has 9 nitrogen and oxygen atoms in total. The second kappa shape index (κ2) is 9.90.